The van der Waals surface area contributed by atoms with E-state index in [-0.39, 0.29) is 23.0 Å². The number of hydrogen-bond donors (Lipinski definition) is 1. The molecule has 1 amide bonds. The minimum atomic E-state index is -0.266. The summed E-state index contributed by atoms with van der Waals surface area (Å²) in [7, 11) is 1.81. The van der Waals surface area contributed by atoms with Crippen molar-refractivity contribution in [2.24, 2.45) is 7.05 Å². The van der Waals surface area contributed by atoms with Crippen molar-refractivity contribution in [2.75, 3.05) is 11.9 Å². The van der Waals surface area contributed by atoms with Gasteiger partial charge in [0.1, 0.15) is 11.4 Å². The molecule has 1 aliphatic carbocycles. The smallest absolute Gasteiger partial charge is 0.262 e. The van der Waals surface area contributed by atoms with Gasteiger partial charge in [-0.3, -0.25) is 9.48 Å². The molecule has 2 aliphatic rings. The fourth-order valence-corrected chi connectivity index (χ4v) is 4.71. The summed E-state index contributed by atoms with van der Waals surface area (Å²) in [4.78, 5) is 17.9. The molecular formula is C22H27N5O3. The van der Waals surface area contributed by atoms with Crippen LogP contribution in [-0.4, -0.2) is 43.4 Å². The third-order valence-corrected chi connectivity index (χ3v) is 6.20. The molecule has 8 nitrogen and oxygen atoms in total. The number of ether oxygens (including phenoxy) is 2. The van der Waals surface area contributed by atoms with Gasteiger partial charge in [0, 0.05) is 43.2 Å². The maximum absolute atomic E-state index is 13.0. The normalized spacial score (nSPS) is 25.4. The van der Waals surface area contributed by atoms with Gasteiger partial charge >= 0.3 is 0 Å². The molecule has 2 fully saturated rings. The van der Waals surface area contributed by atoms with Crippen LogP contribution in [0.25, 0.3) is 5.65 Å². The second-order valence-corrected chi connectivity index (χ2v) is 9.13. The number of carbonyl (C=O) groups is 1. The van der Waals surface area contributed by atoms with Gasteiger partial charge in [-0.25, -0.2) is 4.98 Å². The van der Waals surface area contributed by atoms with Gasteiger partial charge in [0.05, 0.1) is 29.6 Å². The molecule has 0 aromatic carbocycles. The number of carbonyl (C=O) groups excluding carboxylic acids is 1. The van der Waals surface area contributed by atoms with Crippen molar-refractivity contribution in [1.82, 2.24) is 19.2 Å². The molecule has 0 spiro atoms. The SMILES string of the molecule is CC(C)Oc1cc2nc([C@@]34CC[C@@](C)(C3)OC4)cn2cc1C(=O)Nc1ccn(C)n1. The van der Waals surface area contributed by atoms with Crippen LogP contribution >= 0.6 is 0 Å². The molecule has 30 heavy (non-hydrogen) atoms. The molecule has 8 heteroatoms. The number of pyridine rings is 1. The fourth-order valence-electron chi connectivity index (χ4n) is 4.71. The Balaban J connectivity index is 1.53. The van der Waals surface area contributed by atoms with Crippen LogP contribution in [0.4, 0.5) is 5.82 Å². The first-order valence-corrected chi connectivity index (χ1v) is 10.4. The number of hydrogen-bond acceptors (Lipinski definition) is 5. The predicted octanol–water partition coefficient (Wildman–Crippen LogP) is 3.32. The largest absolute Gasteiger partial charge is 0.490 e. The highest BCUT2D eigenvalue weighted by atomic mass is 16.5. The van der Waals surface area contributed by atoms with Crippen molar-refractivity contribution in [2.45, 2.75) is 57.2 Å². The minimum Gasteiger partial charge on any atom is -0.490 e. The summed E-state index contributed by atoms with van der Waals surface area (Å²) in [5, 5.41) is 7.07. The highest BCUT2D eigenvalue weighted by Gasteiger charge is 2.55. The number of nitrogens with zero attached hydrogens (tertiary/aromatic N) is 4. The van der Waals surface area contributed by atoms with Crippen LogP contribution in [0.1, 0.15) is 56.1 Å². The molecule has 4 heterocycles. The number of imidazole rings is 1. The van der Waals surface area contributed by atoms with Crippen LogP contribution < -0.4 is 10.1 Å². The second-order valence-electron chi connectivity index (χ2n) is 9.13. The van der Waals surface area contributed by atoms with Crippen LogP contribution in [0.15, 0.2) is 30.7 Å². The lowest BCUT2D eigenvalue weighted by Crippen LogP contribution is -2.26. The zero-order valence-corrected chi connectivity index (χ0v) is 17.8. The predicted molar refractivity (Wildman–Crippen MR) is 112 cm³/mol. The Bertz CT molecular complexity index is 1120. The Morgan fingerprint density at radius 2 is 2.17 bits per heavy atom. The van der Waals surface area contributed by atoms with E-state index in [9.17, 15) is 4.79 Å². The molecule has 0 radical (unpaired) electrons. The molecule has 1 N–H and O–H groups in total. The number of aryl methyl sites for hydroxylation is 1. The minimum absolute atomic E-state index is 0.0315. The average molecular weight is 409 g/mol. The van der Waals surface area contributed by atoms with Gasteiger partial charge in [-0.2, -0.15) is 5.10 Å². The maximum Gasteiger partial charge on any atom is 0.262 e. The van der Waals surface area contributed by atoms with E-state index in [1.54, 1.807) is 23.1 Å². The van der Waals surface area contributed by atoms with Gasteiger partial charge in [0.2, 0.25) is 0 Å². The van der Waals surface area contributed by atoms with Crippen molar-refractivity contribution in [3.8, 4) is 5.75 Å². The maximum atomic E-state index is 13.0. The summed E-state index contributed by atoms with van der Waals surface area (Å²) in [5.41, 5.74) is 2.18. The van der Waals surface area contributed by atoms with E-state index in [1.165, 1.54) is 0 Å². The zero-order chi connectivity index (χ0) is 21.1. The number of fused-ring (bicyclic) bond motifs is 3. The van der Waals surface area contributed by atoms with Gasteiger partial charge in [-0.15, -0.1) is 0 Å². The van der Waals surface area contributed by atoms with Gasteiger partial charge in [-0.1, -0.05) is 0 Å². The summed E-state index contributed by atoms with van der Waals surface area (Å²) < 4.78 is 15.6. The highest BCUT2D eigenvalue weighted by molar-refractivity contribution is 6.05. The molecule has 5 rings (SSSR count). The summed E-state index contributed by atoms with van der Waals surface area (Å²) in [6.07, 6.45) is 8.67. The molecule has 1 aliphatic heterocycles. The topological polar surface area (TPSA) is 82.7 Å². The van der Waals surface area contributed by atoms with Crippen LogP contribution in [0, 0.1) is 0 Å². The van der Waals surface area contributed by atoms with Crippen LogP contribution in [0.3, 0.4) is 0 Å². The van der Waals surface area contributed by atoms with Gasteiger partial charge in [0.15, 0.2) is 5.82 Å². The Morgan fingerprint density at radius 3 is 2.77 bits per heavy atom. The lowest BCUT2D eigenvalue weighted by molar-refractivity contribution is -0.00627. The Hall–Kier alpha value is -2.87. The third-order valence-electron chi connectivity index (χ3n) is 6.20. The Labute approximate surface area is 175 Å². The first-order valence-electron chi connectivity index (χ1n) is 10.4. The average Bonchev–Trinajstić information content (AvgIpc) is 3.42. The summed E-state index contributed by atoms with van der Waals surface area (Å²) in [6.45, 7) is 6.77. The van der Waals surface area contributed by atoms with Gasteiger partial charge in [0.25, 0.3) is 5.91 Å². The van der Waals surface area contributed by atoms with Gasteiger partial charge in [-0.05, 0) is 40.0 Å². The van der Waals surface area contributed by atoms with Gasteiger partial charge < -0.3 is 19.2 Å². The zero-order valence-electron chi connectivity index (χ0n) is 17.8. The fraction of sp³-hybridized carbons (Fsp3) is 0.500. The third kappa shape index (κ3) is 3.15. The van der Waals surface area contributed by atoms with E-state index in [0.717, 1.165) is 30.6 Å². The molecule has 2 atom stereocenters. The Kier molecular flexibility index (Phi) is 4.18. The monoisotopic (exact) mass is 409 g/mol. The Morgan fingerprint density at radius 1 is 1.33 bits per heavy atom. The number of aromatic nitrogens is 4. The van der Waals surface area contributed by atoms with Crippen LogP contribution in [0.2, 0.25) is 0 Å². The number of rotatable bonds is 5. The molecule has 3 aromatic heterocycles. The van der Waals surface area contributed by atoms with E-state index in [2.05, 4.69) is 17.3 Å². The van der Waals surface area contributed by atoms with Crippen LogP contribution in [0.5, 0.6) is 5.75 Å². The van der Waals surface area contributed by atoms with E-state index < -0.39 is 0 Å². The first-order chi connectivity index (χ1) is 14.3. The summed E-state index contributed by atoms with van der Waals surface area (Å²) in [5.74, 6) is 0.744. The molecule has 0 unspecified atom stereocenters. The van der Waals surface area contributed by atoms with E-state index in [4.69, 9.17) is 14.5 Å². The number of anilines is 1. The molecule has 2 bridgehead atoms. The molecule has 1 saturated carbocycles. The number of amides is 1. The molecule has 1 saturated heterocycles. The van der Waals surface area contributed by atoms with Crippen LogP contribution in [-0.2, 0) is 17.2 Å². The standard InChI is InChI=1S/C22H27N5O3/c1-14(2)30-16-9-19-23-17(22-7-6-21(3,12-22)29-13-22)11-27(19)10-15(16)20(28)24-18-5-8-26(4)25-18/h5,8-11,14H,6-7,12-13H2,1-4H3,(H,24,25,28)/t21-,22-/m0/s1. The lowest BCUT2D eigenvalue weighted by Gasteiger charge is -2.24. The number of nitrogens with one attached hydrogen (secondary N) is 1. The van der Waals surface area contributed by atoms with Crippen molar-refractivity contribution >= 4 is 17.4 Å². The van der Waals surface area contributed by atoms with Crippen molar-refractivity contribution in [1.29, 1.82) is 0 Å². The highest BCUT2D eigenvalue weighted by Crippen LogP contribution is 2.53. The second kappa shape index (κ2) is 6.57. The van der Waals surface area contributed by atoms with Crippen molar-refractivity contribution in [3.05, 3.63) is 42.0 Å². The molecule has 158 valence electrons. The van der Waals surface area contributed by atoms with E-state index in [1.807, 2.05) is 37.6 Å². The quantitative estimate of drug-likeness (QED) is 0.699. The van der Waals surface area contributed by atoms with Crippen molar-refractivity contribution < 1.29 is 14.3 Å². The summed E-state index contributed by atoms with van der Waals surface area (Å²) in [6, 6.07) is 3.60. The summed E-state index contributed by atoms with van der Waals surface area (Å²) >= 11 is 0. The first kappa shape index (κ1) is 19.1. The molecular weight excluding hydrogens is 382 g/mol. The molecule has 3 aromatic rings. The van der Waals surface area contributed by atoms with Crippen molar-refractivity contribution in [3.63, 3.8) is 0 Å². The van der Waals surface area contributed by atoms with E-state index in [0.29, 0.717) is 23.7 Å². The van der Waals surface area contributed by atoms with E-state index >= 15 is 0 Å². The lowest BCUT2D eigenvalue weighted by atomic mass is 9.84.